The number of carbonyl (C=O) groups excluding carboxylic acids is 2. The van der Waals surface area contributed by atoms with Crippen molar-refractivity contribution < 1.29 is 14.3 Å². The maximum atomic E-state index is 12.4. The molecule has 1 atom stereocenters. The molecule has 1 aromatic rings. The molecule has 6 heteroatoms. The average Bonchev–Trinajstić information content (AvgIpc) is 3.09. The van der Waals surface area contributed by atoms with Crippen LogP contribution >= 0.6 is 0 Å². The number of nitrogens with one attached hydrogen (secondary N) is 2. The Morgan fingerprint density at radius 3 is 2.75 bits per heavy atom. The molecule has 1 aliphatic carbocycles. The second-order valence-corrected chi connectivity index (χ2v) is 5.60. The Morgan fingerprint density at radius 1 is 1.50 bits per heavy atom. The van der Waals surface area contributed by atoms with Crippen LogP contribution in [-0.4, -0.2) is 35.0 Å². The predicted molar refractivity (Wildman–Crippen MR) is 72.8 cm³/mol. The zero-order valence-electron chi connectivity index (χ0n) is 11.9. The molecule has 2 N–H and O–H groups in total. The fourth-order valence-corrected chi connectivity index (χ4v) is 2.67. The Bertz CT molecular complexity index is 464. The summed E-state index contributed by atoms with van der Waals surface area (Å²) >= 11 is 0. The van der Waals surface area contributed by atoms with Crippen molar-refractivity contribution in [3.8, 4) is 0 Å². The number of carbonyl (C=O) groups is 2. The summed E-state index contributed by atoms with van der Waals surface area (Å²) in [7, 11) is 1.33. The largest absolute Gasteiger partial charge is 0.467 e. The van der Waals surface area contributed by atoms with Crippen LogP contribution in [0.4, 0.5) is 0 Å². The highest BCUT2D eigenvalue weighted by atomic mass is 16.5. The van der Waals surface area contributed by atoms with Gasteiger partial charge in [-0.2, -0.15) is 0 Å². The van der Waals surface area contributed by atoms with E-state index < -0.39 is 12.0 Å². The molecule has 0 unspecified atom stereocenters. The molecule has 1 saturated carbocycles. The lowest BCUT2D eigenvalue weighted by Gasteiger charge is -2.25. The van der Waals surface area contributed by atoms with Crippen LogP contribution in [0.2, 0.25) is 0 Å². The zero-order chi connectivity index (χ0) is 14.6. The first-order valence-corrected chi connectivity index (χ1v) is 6.91. The van der Waals surface area contributed by atoms with E-state index in [0.29, 0.717) is 6.42 Å². The van der Waals surface area contributed by atoms with Gasteiger partial charge >= 0.3 is 5.97 Å². The molecule has 20 heavy (non-hydrogen) atoms. The van der Waals surface area contributed by atoms with Gasteiger partial charge in [0.05, 0.1) is 13.4 Å². The van der Waals surface area contributed by atoms with Gasteiger partial charge < -0.3 is 15.0 Å². The maximum Gasteiger partial charge on any atom is 0.328 e. The highest BCUT2D eigenvalue weighted by Crippen LogP contribution is 2.37. The third-order valence-electron chi connectivity index (χ3n) is 4.03. The SMILES string of the molecule is COC(=O)[C@H](Cc1cnc[nH]1)NC(=O)C1(C)CCCC1. The number of H-pyrrole nitrogens is 1. The predicted octanol–water partition coefficient (Wildman–Crippen LogP) is 1.19. The van der Waals surface area contributed by atoms with Crippen molar-refractivity contribution in [2.45, 2.75) is 45.1 Å². The van der Waals surface area contributed by atoms with Gasteiger partial charge in [0.25, 0.3) is 0 Å². The number of amides is 1. The van der Waals surface area contributed by atoms with Crippen LogP contribution in [0.5, 0.6) is 0 Å². The van der Waals surface area contributed by atoms with Crippen LogP contribution in [0.15, 0.2) is 12.5 Å². The molecule has 0 bridgehead atoms. The van der Waals surface area contributed by atoms with Crippen LogP contribution in [0.1, 0.15) is 38.3 Å². The Labute approximate surface area is 118 Å². The summed E-state index contributed by atoms with van der Waals surface area (Å²) in [5.74, 6) is -0.500. The number of esters is 1. The third kappa shape index (κ3) is 3.18. The van der Waals surface area contributed by atoms with Gasteiger partial charge in [-0.05, 0) is 12.8 Å². The smallest absolute Gasteiger partial charge is 0.328 e. The quantitative estimate of drug-likeness (QED) is 0.793. The fourth-order valence-electron chi connectivity index (χ4n) is 2.67. The third-order valence-corrected chi connectivity index (χ3v) is 4.03. The number of methoxy groups -OCH3 is 1. The molecule has 0 radical (unpaired) electrons. The molecular formula is C14H21N3O3. The molecule has 1 heterocycles. The average molecular weight is 279 g/mol. The Morgan fingerprint density at radius 2 is 2.20 bits per heavy atom. The lowest BCUT2D eigenvalue weighted by molar-refractivity contribution is -0.146. The van der Waals surface area contributed by atoms with E-state index in [-0.39, 0.29) is 11.3 Å². The van der Waals surface area contributed by atoms with Crippen LogP contribution in [0, 0.1) is 5.41 Å². The first-order valence-electron chi connectivity index (χ1n) is 6.91. The maximum absolute atomic E-state index is 12.4. The van der Waals surface area contributed by atoms with Crippen molar-refractivity contribution in [1.82, 2.24) is 15.3 Å². The number of aromatic amines is 1. The van der Waals surface area contributed by atoms with Crippen LogP contribution < -0.4 is 5.32 Å². The number of ether oxygens (including phenoxy) is 1. The number of hydrogen-bond acceptors (Lipinski definition) is 4. The van der Waals surface area contributed by atoms with Gasteiger partial charge in [-0.15, -0.1) is 0 Å². The first-order chi connectivity index (χ1) is 9.55. The van der Waals surface area contributed by atoms with E-state index in [0.717, 1.165) is 31.4 Å². The van der Waals surface area contributed by atoms with Gasteiger partial charge in [0.15, 0.2) is 0 Å². The summed E-state index contributed by atoms with van der Waals surface area (Å²) in [4.78, 5) is 31.0. The van der Waals surface area contributed by atoms with E-state index in [1.54, 1.807) is 12.5 Å². The van der Waals surface area contributed by atoms with E-state index in [4.69, 9.17) is 4.74 Å². The van der Waals surface area contributed by atoms with Crippen molar-refractivity contribution in [2.24, 2.45) is 5.41 Å². The van der Waals surface area contributed by atoms with Gasteiger partial charge in [-0.1, -0.05) is 19.8 Å². The minimum absolute atomic E-state index is 0.0649. The minimum Gasteiger partial charge on any atom is -0.467 e. The summed E-state index contributed by atoms with van der Waals surface area (Å²) in [6.07, 6.45) is 7.41. The van der Waals surface area contributed by atoms with E-state index in [9.17, 15) is 9.59 Å². The normalized spacial score (nSPS) is 18.5. The summed E-state index contributed by atoms with van der Waals surface area (Å²) in [5.41, 5.74) is 0.428. The van der Waals surface area contributed by atoms with Gasteiger partial charge in [-0.25, -0.2) is 9.78 Å². The summed E-state index contributed by atoms with van der Waals surface area (Å²) in [6.45, 7) is 1.96. The molecule has 1 aliphatic rings. The molecule has 1 amide bonds. The van der Waals surface area contributed by atoms with Crippen LogP contribution in [-0.2, 0) is 20.7 Å². The number of hydrogen-bond donors (Lipinski definition) is 2. The van der Waals surface area contributed by atoms with Crippen molar-refractivity contribution in [2.75, 3.05) is 7.11 Å². The van der Waals surface area contributed by atoms with Crippen molar-refractivity contribution >= 4 is 11.9 Å². The van der Waals surface area contributed by atoms with Crippen LogP contribution in [0.25, 0.3) is 0 Å². The highest BCUT2D eigenvalue weighted by molar-refractivity contribution is 5.88. The molecule has 0 spiro atoms. The number of aromatic nitrogens is 2. The lowest BCUT2D eigenvalue weighted by atomic mass is 9.87. The summed E-state index contributed by atoms with van der Waals surface area (Å²) in [5, 5.41) is 2.83. The molecule has 1 fully saturated rings. The topological polar surface area (TPSA) is 84.1 Å². The van der Waals surface area contributed by atoms with Crippen molar-refractivity contribution in [1.29, 1.82) is 0 Å². The van der Waals surface area contributed by atoms with Crippen molar-refractivity contribution in [3.05, 3.63) is 18.2 Å². The molecule has 0 aliphatic heterocycles. The molecule has 1 aromatic heterocycles. The molecule has 0 saturated heterocycles. The van der Waals surface area contributed by atoms with Crippen LogP contribution in [0.3, 0.4) is 0 Å². The fraction of sp³-hybridized carbons (Fsp3) is 0.643. The summed E-state index contributed by atoms with van der Waals surface area (Å²) < 4.78 is 4.77. The molecule has 2 rings (SSSR count). The molecule has 6 nitrogen and oxygen atoms in total. The van der Waals surface area contributed by atoms with Gasteiger partial charge in [0, 0.05) is 23.7 Å². The zero-order valence-corrected chi connectivity index (χ0v) is 11.9. The number of rotatable bonds is 5. The van der Waals surface area contributed by atoms with Gasteiger partial charge in [-0.3, -0.25) is 4.79 Å². The monoisotopic (exact) mass is 279 g/mol. The van der Waals surface area contributed by atoms with Gasteiger partial charge in [0.1, 0.15) is 6.04 Å². The van der Waals surface area contributed by atoms with E-state index >= 15 is 0 Å². The highest BCUT2D eigenvalue weighted by Gasteiger charge is 2.38. The van der Waals surface area contributed by atoms with E-state index in [1.165, 1.54) is 7.11 Å². The second-order valence-electron chi connectivity index (χ2n) is 5.60. The standard InChI is InChI=1S/C14H21N3O3/c1-14(5-3-4-6-14)13(19)17-11(12(18)20-2)7-10-8-15-9-16-10/h8-9,11H,3-7H2,1-2H3,(H,15,16)(H,17,19)/t11-/m0/s1. The Hall–Kier alpha value is -1.85. The molecular weight excluding hydrogens is 258 g/mol. The van der Waals surface area contributed by atoms with E-state index in [1.807, 2.05) is 6.92 Å². The molecule has 0 aromatic carbocycles. The summed E-state index contributed by atoms with van der Waals surface area (Å²) in [6, 6.07) is -0.676. The van der Waals surface area contributed by atoms with E-state index in [2.05, 4.69) is 15.3 Å². The Kier molecular flexibility index (Phi) is 4.42. The van der Waals surface area contributed by atoms with Gasteiger partial charge in [0.2, 0.25) is 5.91 Å². The first kappa shape index (κ1) is 14.6. The van der Waals surface area contributed by atoms with Crippen molar-refractivity contribution in [3.63, 3.8) is 0 Å². The Balaban J connectivity index is 2.03. The number of nitrogens with zero attached hydrogens (tertiary/aromatic N) is 1. The molecule has 110 valence electrons. The lowest BCUT2D eigenvalue weighted by Crippen LogP contribution is -2.48. The minimum atomic E-state index is -0.676. The second kappa shape index (κ2) is 6.07. The number of imidazole rings is 1.